The van der Waals surface area contributed by atoms with Crippen LogP contribution in [0.15, 0.2) is 30.5 Å². The van der Waals surface area contributed by atoms with Crippen LogP contribution in [0.1, 0.15) is 0 Å². The van der Waals surface area contributed by atoms with Gasteiger partial charge in [-0.2, -0.15) is 8.75 Å². The third-order valence-corrected chi connectivity index (χ3v) is 4.15. The number of nitrogens with zero attached hydrogens (tertiary/aromatic N) is 4. The lowest BCUT2D eigenvalue weighted by Gasteiger charge is -2.06. The molecule has 0 amide bonds. The number of benzene rings is 1. The second-order valence-corrected chi connectivity index (χ2v) is 5.49. The predicted octanol–water partition coefficient (Wildman–Crippen LogP) is 3.74. The number of rotatable bonds is 1. The third-order valence-electron chi connectivity index (χ3n) is 3.02. The fourth-order valence-corrected chi connectivity index (χ4v) is 3.24. The van der Waals surface area contributed by atoms with Crippen LogP contribution in [0.2, 0.25) is 5.02 Å². The molecule has 5 nitrogen and oxygen atoms in total. The molecule has 3 heterocycles. The first-order chi connectivity index (χ1) is 9.75. The number of hydrogen-bond acceptors (Lipinski definition) is 5. The second kappa shape index (κ2) is 4.34. The highest BCUT2D eigenvalue weighted by molar-refractivity contribution is 7.71. The van der Waals surface area contributed by atoms with Gasteiger partial charge in [-0.05, 0) is 36.5 Å². The lowest BCUT2D eigenvalue weighted by Crippen LogP contribution is -1.98. The summed E-state index contributed by atoms with van der Waals surface area (Å²) in [6, 6.07) is 7.41. The normalized spacial score (nSPS) is 11.4. The van der Waals surface area contributed by atoms with Crippen molar-refractivity contribution in [1.82, 2.24) is 23.3 Å². The Morgan fingerprint density at radius 2 is 2.15 bits per heavy atom. The van der Waals surface area contributed by atoms with E-state index in [9.17, 15) is 0 Å². The molecule has 0 aliphatic carbocycles. The predicted molar refractivity (Wildman–Crippen MR) is 82.2 cm³/mol. The molecule has 8 heteroatoms. The standard InChI is InChI=1S/C12H6ClN5S2/c13-6-3-4-7-9(17-20-16-7)10(6)18-11-8(15-12(18)19)2-1-5-14-11/h1-5H,(H,15,19). The van der Waals surface area contributed by atoms with Crippen LogP contribution in [-0.2, 0) is 0 Å². The zero-order valence-electron chi connectivity index (χ0n) is 9.87. The van der Waals surface area contributed by atoms with E-state index in [1.54, 1.807) is 16.8 Å². The van der Waals surface area contributed by atoms with Gasteiger partial charge in [0.2, 0.25) is 0 Å². The number of halogens is 1. The quantitative estimate of drug-likeness (QED) is 0.543. The highest BCUT2D eigenvalue weighted by atomic mass is 35.5. The SMILES string of the molecule is S=c1[nH]c2cccnc2n1-c1c(Cl)ccc2nsnc12. The minimum Gasteiger partial charge on any atom is -0.329 e. The molecule has 0 spiro atoms. The van der Waals surface area contributed by atoms with E-state index in [-0.39, 0.29) is 0 Å². The van der Waals surface area contributed by atoms with Gasteiger partial charge in [-0.15, -0.1) is 0 Å². The van der Waals surface area contributed by atoms with Crippen LogP contribution < -0.4 is 0 Å². The van der Waals surface area contributed by atoms with Crippen LogP contribution >= 0.6 is 35.5 Å². The van der Waals surface area contributed by atoms with Gasteiger partial charge in [-0.25, -0.2) is 4.98 Å². The summed E-state index contributed by atoms with van der Waals surface area (Å²) < 4.78 is 10.9. The van der Waals surface area contributed by atoms with E-state index in [2.05, 4.69) is 18.7 Å². The molecule has 0 fully saturated rings. The van der Waals surface area contributed by atoms with Crippen molar-refractivity contribution in [2.45, 2.75) is 0 Å². The number of nitrogens with one attached hydrogen (secondary N) is 1. The van der Waals surface area contributed by atoms with Gasteiger partial charge < -0.3 is 4.98 Å². The van der Waals surface area contributed by atoms with Crippen molar-refractivity contribution in [3.63, 3.8) is 0 Å². The highest BCUT2D eigenvalue weighted by Crippen LogP contribution is 2.30. The maximum absolute atomic E-state index is 6.35. The average Bonchev–Trinajstić information content (AvgIpc) is 3.03. The maximum Gasteiger partial charge on any atom is 0.184 e. The molecule has 0 atom stereocenters. The van der Waals surface area contributed by atoms with Crippen LogP contribution in [0.5, 0.6) is 0 Å². The van der Waals surface area contributed by atoms with E-state index < -0.39 is 0 Å². The zero-order chi connectivity index (χ0) is 13.7. The van der Waals surface area contributed by atoms with E-state index in [0.717, 1.165) is 33.9 Å². The maximum atomic E-state index is 6.35. The molecule has 0 aliphatic rings. The Hall–Kier alpha value is -1.83. The van der Waals surface area contributed by atoms with E-state index in [1.165, 1.54) is 0 Å². The van der Waals surface area contributed by atoms with Gasteiger partial charge in [0.15, 0.2) is 10.4 Å². The van der Waals surface area contributed by atoms with Crippen LogP contribution in [0.4, 0.5) is 0 Å². The number of H-pyrrole nitrogens is 1. The number of pyridine rings is 1. The molecule has 1 aromatic carbocycles. The van der Waals surface area contributed by atoms with Crippen molar-refractivity contribution in [3.8, 4) is 5.69 Å². The van der Waals surface area contributed by atoms with Gasteiger partial charge in [-0.1, -0.05) is 11.6 Å². The summed E-state index contributed by atoms with van der Waals surface area (Å²) in [6.07, 6.45) is 1.72. The van der Waals surface area contributed by atoms with E-state index >= 15 is 0 Å². The van der Waals surface area contributed by atoms with Crippen molar-refractivity contribution >= 4 is 57.7 Å². The molecule has 0 bridgehead atoms. The molecule has 0 unspecified atom stereocenters. The van der Waals surface area contributed by atoms with Gasteiger partial charge in [-0.3, -0.25) is 4.57 Å². The Balaban J connectivity index is 2.22. The Morgan fingerprint density at radius 1 is 1.25 bits per heavy atom. The van der Waals surface area contributed by atoms with Gasteiger partial charge in [0.25, 0.3) is 0 Å². The summed E-state index contributed by atoms with van der Waals surface area (Å²) in [7, 11) is 0. The number of fused-ring (bicyclic) bond motifs is 2. The van der Waals surface area contributed by atoms with Crippen molar-refractivity contribution < 1.29 is 0 Å². The molecular weight excluding hydrogens is 314 g/mol. The van der Waals surface area contributed by atoms with Gasteiger partial charge >= 0.3 is 0 Å². The van der Waals surface area contributed by atoms with Crippen molar-refractivity contribution in [3.05, 3.63) is 40.3 Å². The number of aromatic amines is 1. The third kappa shape index (κ3) is 1.60. The summed E-state index contributed by atoms with van der Waals surface area (Å²) in [6.45, 7) is 0. The van der Waals surface area contributed by atoms with Gasteiger partial charge in [0, 0.05) is 6.20 Å². The number of aromatic nitrogens is 5. The first kappa shape index (κ1) is 12.0. The zero-order valence-corrected chi connectivity index (χ0v) is 12.3. The topological polar surface area (TPSA) is 59.4 Å². The van der Waals surface area contributed by atoms with Crippen LogP contribution in [-0.4, -0.2) is 23.3 Å². The molecule has 20 heavy (non-hydrogen) atoms. The number of hydrogen-bond donors (Lipinski definition) is 1. The monoisotopic (exact) mass is 319 g/mol. The summed E-state index contributed by atoms with van der Waals surface area (Å²) in [4.78, 5) is 7.49. The molecule has 1 N–H and O–H groups in total. The van der Waals surface area contributed by atoms with Crippen molar-refractivity contribution in [2.24, 2.45) is 0 Å². The Bertz CT molecular complexity index is 1000. The lowest BCUT2D eigenvalue weighted by atomic mass is 10.2. The first-order valence-corrected chi connectivity index (χ1v) is 7.24. The molecule has 0 saturated carbocycles. The van der Waals surface area contributed by atoms with Crippen molar-refractivity contribution in [1.29, 1.82) is 0 Å². The van der Waals surface area contributed by atoms with Crippen LogP contribution in [0.25, 0.3) is 27.9 Å². The second-order valence-electron chi connectivity index (χ2n) is 4.17. The summed E-state index contributed by atoms with van der Waals surface area (Å²) in [5.74, 6) is 0. The highest BCUT2D eigenvalue weighted by Gasteiger charge is 2.16. The van der Waals surface area contributed by atoms with Gasteiger partial charge in [0.1, 0.15) is 11.0 Å². The molecule has 0 radical (unpaired) electrons. The molecule has 98 valence electrons. The summed E-state index contributed by atoms with van der Waals surface area (Å²) in [5, 5.41) is 0.563. The molecule has 4 rings (SSSR count). The largest absolute Gasteiger partial charge is 0.329 e. The average molecular weight is 320 g/mol. The molecule has 3 aromatic heterocycles. The van der Waals surface area contributed by atoms with Crippen LogP contribution in [0.3, 0.4) is 0 Å². The molecule has 0 saturated heterocycles. The smallest absolute Gasteiger partial charge is 0.184 e. The van der Waals surface area contributed by atoms with Crippen molar-refractivity contribution in [2.75, 3.05) is 0 Å². The summed E-state index contributed by atoms with van der Waals surface area (Å²) in [5.41, 5.74) is 3.81. The minimum absolute atomic E-state index is 0.529. The first-order valence-electron chi connectivity index (χ1n) is 5.72. The fraction of sp³-hybridized carbons (Fsp3) is 0. The molecule has 0 aliphatic heterocycles. The molecule has 4 aromatic rings. The Labute approximate surface area is 127 Å². The van der Waals surface area contributed by atoms with Crippen LogP contribution in [0, 0.1) is 4.77 Å². The number of imidazole rings is 1. The minimum atomic E-state index is 0.529. The Morgan fingerprint density at radius 3 is 3.05 bits per heavy atom. The molecular formula is C12H6ClN5S2. The van der Waals surface area contributed by atoms with E-state index in [0.29, 0.717) is 15.5 Å². The van der Waals surface area contributed by atoms with E-state index in [4.69, 9.17) is 23.8 Å². The Kier molecular flexibility index (Phi) is 2.59. The summed E-state index contributed by atoms with van der Waals surface area (Å²) >= 11 is 12.9. The lowest BCUT2D eigenvalue weighted by molar-refractivity contribution is 1.05. The van der Waals surface area contributed by atoms with E-state index in [1.807, 2.05) is 18.2 Å². The van der Waals surface area contributed by atoms with Gasteiger partial charge in [0.05, 0.1) is 28.0 Å². The fourth-order valence-electron chi connectivity index (χ4n) is 2.17.